The van der Waals surface area contributed by atoms with Crippen molar-refractivity contribution in [2.75, 3.05) is 0 Å². The molecule has 2 aliphatic rings. The molecule has 1 saturated carbocycles. The second-order valence-corrected chi connectivity index (χ2v) is 6.67. The molecule has 1 aromatic heterocycles. The second-order valence-electron chi connectivity index (χ2n) is 6.67. The van der Waals surface area contributed by atoms with Crippen LogP contribution in [0.25, 0.3) is 0 Å². The van der Waals surface area contributed by atoms with Crippen molar-refractivity contribution in [2.24, 2.45) is 0 Å². The molecule has 1 aromatic rings. The minimum Gasteiger partial charge on any atom is -0.488 e. The normalized spacial score (nSPS) is 23.1. The molecule has 0 spiro atoms. The van der Waals surface area contributed by atoms with Crippen molar-refractivity contribution in [3.8, 4) is 5.75 Å². The van der Waals surface area contributed by atoms with Gasteiger partial charge in [-0.25, -0.2) is 0 Å². The predicted octanol–water partition coefficient (Wildman–Crippen LogP) is 1.73. The molecular formula is C15H20BNO4. The molecule has 1 saturated heterocycles. The van der Waals surface area contributed by atoms with Gasteiger partial charge >= 0.3 is 7.12 Å². The number of rotatable bonds is 4. The van der Waals surface area contributed by atoms with Crippen molar-refractivity contribution in [2.45, 2.75) is 57.8 Å². The Morgan fingerprint density at radius 2 is 1.90 bits per heavy atom. The first-order valence-corrected chi connectivity index (χ1v) is 7.30. The molecule has 0 amide bonds. The summed E-state index contributed by atoms with van der Waals surface area (Å²) in [4.78, 5) is 15.6. The Morgan fingerprint density at radius 3 is 2.43 bits per heavy atom. The maximum absolute atomic E-state index is 11.3. The molecule has 112 valence electrons. The lowest BCUT2D eigenvalue weighted by Crippen LogP contribution is -2.41. The van der Waals surface area contributed by atoms with Crippen LogP contribution in [-0.4, -0.2) is 35.7 Å². The summed E-state index contributed by atoms with van der Waals surface area (Å²) in [5.74, 6) is 0.535. The molecule has 21 heavy (non-hydrogen) atoms. The number of hydrogen-bond donors (Lipinski definition) is 0. The maximum atomic E-state index is 11.3. The Morgan fingerprint density at radius 1 is 1.29 bits per heavy atom. The van der Waals surface area contributed by atoms with E-state index in [0.717, 1.165) is 19.1 Å². The SMILES string of the molecule is CC1(C)OB(c2cc(C=O)c(OC3CC3)cn2)OC1(C)C. The van der Waals surface area contributed by atoms with Gasteiger partial charge in [-0.2, -0.15) is 0 Å². The summed E-state index contributed by atoms with van der Waals surface area (Å²) in [5.41, 5.74) is 0.230. The van der Waals surface area contributed by atoms with E-state index in [-0.39, 0.29) is 6.10 Å². The van der Waals surface area contributed by atoms with Crippen molar-refractivity contribution in [3.63, 3.8) is 0 Å². The van der Waals surface area contributed by atoms with Crippen molar-refractivity contribution in [3.05, 3.63) is 17.8 Å². The standard InChI is InChI=1S/C15H20BNO4/c1-14(2)15(3,4)21-16(20-14)13-7-10(9-18)12(8-17-13)19-11-5-6-11/h7-9,11H,5-6H2,1-4H3. The third-order valence-electron chi connectivity index (χ3n) is 4.36. The van der Waals surface area contributed by atoms with Gasteiger partial charge in [0.15, 0.2) is 6.29 Å². The average Bonchev–Trinajstić information content (AvgIpc) is 3.17. The van der Waals surface area contributed by atoms with Crippen molar-refractivity contribution in [1.82, 2.24) is 4.98 Å². The molecular weight excluding hydrogens is 269 g/mol. The highest BCUT2D eigenvalue weighted by atomic mass is 16.7. The summed E-state index contributed by atoms with van der Waals surface area (Å²) in [7, 11) is -0.566. The molecule has 0 N–H and O–H groups in total. The quantitative estimate of drug-likeness (QED) is 0.624. The van der Waals surface area contributed by atoms with Crippen LogP contribution < -0.4 is 10.3 Å². The van der Waals surface area contributed by atoms with E-state index in [0.29, 0.717) is 16.9 Å². The average molecular weight is 289 g/mol. The minimum absolute atomic E-state index is 0.230. The van der Waals surface area contributed by atoms with Gasteiger partial charge in [-0.15, -0.1) is 0 Å². The van der Waals surface area contributed by atoms with Gasteiger partial charge in [-0.05, 0) is 46.6 Å². The largest absolute Gasteiger partial charge is 0.514 e. The molecule has 5 nitrogen and oxygen atoms in total. The highest BCUT2D eigenvalue weighted by Gasteiger charge is 2.52. The highest BCUT2D eigenvalue weighted by Crippen LogP contribution is 2.36. The van der Waals surface area contributed by atoms with Crippen molar-refractivity contribution >= 4 is 19.0 Å². The Balaban J connectivity index is 1.84. The molecule has 3 rings (SSSR count). The van der Waals surface area contributed by atoms with Gasteiger partial charge in [0.25, 0.3) is 0 Å². The lowest BCUT2D eigenvalue weighted by molar-refractivity contribution is 0.00578. The zero-order valence-corrected chi connectivity index (χ0v) is 12.9. The van der Waals surface area contributed by atoms with Crippen LogP contribution in [0.5, 0.6) is 5.75 Å². The summed E-state index contributed by atoms with van der Waals surface area (Å²) in [6, 6.07) is 1.69. The molecule has 2 fully saturated rings. The van der Waals surface area contributed by atoms with Gasteiger partial charge in [0.05, 0.1) is 34.7 Å². The van der Waals surface area contributed by atoms with E-state index >= 15 is 0 Å². The van der Waals surface area contributed by atoms with Crippen LogP contribution in [0.15, 0.2) is 12.3 Å². The first-order valence-electron chi connectivity index (χ1n) is 7.30. The van der Waals surface area contributed by atoms with Crippen LogP contribution >= 0.6 is 0 Å². The summed E-state index contributed by atoms with van der Waals surface area (Å²) < 4.78 is 17.6. The molecule has 1 aliphatic heterocycles. The monoisotopic (exact) mass is 289 g/mol. The Labute approximate surface area is 125 Å². The summed E-state index contributed by atoms with van der Waals surface area (Å²) in [6.07, 6.45) is 4.68. The fourth-order valence-corrected chi connectivity index (χ4v) is 2.12. The first kappa shape index (κ1) is 14.5. The molecule has 0 unspecified atom stereocenters. The van der Waals surface area contributed by atoms with E-state index in [1.807, 2.05) is 27.7 Å². The second kappa shape index (κ2) is 4.82. The summed E-state index contributed by atoms with van der Waals surface area (Å²) in [6.45, 7) is 7.94. The van der Waals surface area contributed by atoms with Gasteiger partial charge in [-0.1, -0.05) is 0 Å². The number of aromatic nitrogens is 1. The number of ether oxygens (including phenoxy) is 1. The molecule has 0 aromatic carbocycles. The lowest BCUT2D eigenvalue weighted by atomic mass is 9.83. The van der Waals surface area contributed by atoms with Gasteiger partial charge in [0.2, 0.25) is 0 Å². The lowest BCUT2D eigenvalue weighted by Gasteiger charge is -2.32. The van der Waals surface area contributed by atoms with E-state index in [1.54, 1.807) is 12.3 Å². The number of pyridine rings is 1. The van der Waals surface area contributed by atoms with Gasteiger partial charge in [0.1, 0.15) is 5.75 Å². The zero-order chi connectivity index (χ0) is 15.3. The van der Waals surface area contributed by atoms with Gasteiger partial charge in [0, 0.05) is 0 Å². The van der Waals surface area contributed by atoms with Crippen LogP contribution in [0, 0.1) is 0 Å². The summed E-state index contributed by atoms with van der Waals surface area (Å²) in [5, 5.41) is 0. The van der Waals surface area contributed by atoms with E-state index < -0.39 is 18.3 Å². The number of nitrogens with zero attached hydrogens (tertiary/aromatic N) is 1. The highest BCUT2D eigenvalue weighted by molar-refractivity contribution is 6.61. The Kier molecular flexibility index (Phi) is 3.33. The zero-order valence-electron chi connectivity index (χ0n) is 12.9. The van der Waals surface area contributed by atoms with Crippen molar-refractivity contribution in [1.29, 1.82) is 0 Å². The number of hydrogen-bond acceptors (Lipinski definition) is 5. The molecule has 0 radical (unpaired) electrons. The third kappa shape index (κ3) is 2.70. The number of carbonyl (C=O) groups excluding carboxylic acids is 1. The fraction of sp³-hybridized carbons (Fsp3) is 0.600. The molecule has 6 heteroatoms. The maximum Gasteiger partial charge on any atom is 0.514 e. The molecule has 0 bridgehead atoms. The van der Waals surface area contributed by atoms with Crippen LogP contribution in [-0.2, 0) is 9.31 Å². The van der Waals surface area contributed by atoms with E-state index in [9.17, 15) is 4.79 Å². The van der Waals surface area contributed by atoms with Crippen LogP contribution in [0.1, 0.15) is 50.9 Å². The summed E-state index contributed by atoms with van der Waals surface area (Å²) >= 11 is 0. The molecule has 0 atom stereocenters. The van der Waals surface area contributed by atoms with E-state index in [2.05, 4.69) is 4.98 Å². The number of aldehydes is 1. The predicted molar refractivity (Wildman–Crippen MR) is 79.0 cm³/mol. The van der Waals surface area contributed by atoms with Crippen LogP contribution in [0.4, 0.5) is 0 Å². The first-order chi connectivity index (χ1) is 9.82. The molecule has 2 heterocycles. The fourth-order valence-electron chi connectivity index (χ4n) is 2.12. The number of carbonyl (C=O) groups is 1. The topological polar surface area (TPSA) is 57.7 Å². The van der Waals surface area contributed by atoms with E-state index in [4.69, 9.17) is 14.0 Å². The van der Waals surface area contributed by atoms with Crippen LogP contribution in [0.2, 0.25) is 0 Å². The van der Waals surface area contributed by atoms with Crippen molar-refractivity contribution < 1.29 is 18.8 Å². The Bertz CT molecular complexity index is 553. The van der Waals surface area contributed by atoms with Gasteiger partial charge in [-0.3, -0.25) is 9.78 Å². The minimum atomic E-state index is -0.566. The smallest absolute Gasteiger partial charge is 0.488 e. The molecule has 1 aliphatic carbocycles. The van der Waals surface area contributed by atoms with Crippen LogP contribution in [0.3, 0.4) is 0 Å². The third-order valence-corrected chi connectivity index (χ3v) is 4.36. The van der Waals surface area contributed by atoms with E-state index in [1.165, 1.54) is 0 Å². The Hall–Kier alpha value is -1.40. The van der Waals surface area contributed by atoms with Gasteiger partial charge < -0.3 is 14.0 Å².